The summed E-state index contributed by atoms with van der Waals surface area (Å²) in [6.45, 7) is 0. The number of hydrogen-bond acceptors (Lipinski definition) is 2. The Morgan fingerprint density at radius 1 is 0.893 bits per heavy atom. The normalized spacial score (nSPS) is 11.4. The van der Waals surface area contributed by atoms with Crippen LogP contribution in [0.4, 0.5) is 5.69 Å². The fourth-order valence-corrected chi connectivity index (χ4v) is 3.66. The molecular formula is C24H15BrN2O. The summed E-state index contributed by atoms with van der Waals surface area (Å²) in [6.07, 6.45) is 1.68. The van der Waals surface area contributed by atoms with Gasteiger partial charge >= 0.3 is 0 Å². The number of fused-ring (bicyclic) bond motifs is 2. The van der Waals surface area contributed by atoms with Crippen molar-refractivity contribution >= 4 is 55.1 Å². The van der Waals surface area contributed by atoms with Gasteiger partial charge in [-0.15, -0.1) is 0 Å². The molecule has 4 rings (SSSR count). The van der Waals surface area contributed by atoms with E-state index in [1.165, 1.54) is 0 Å². The van der Waals surface area contributed by atoms with Crippen LogP contribution in [-0.2, 0) is 4.79 Å². The van der Waals surface area contributed by atoms with Gasteiger partial charge in [0.2, 0.25) is 0 Å². The molecule has 0 aliphatic carbocycles. The predicted octanol–water partition coefficient (Wildman–Crippen LogP) is 6.30. The maximum atomic E-state index is 12.7. The van der Waals surface area contributed by atoms with Crippen molar-refractivity contribution < 1.29 is 4.79 Å². The third kappa shape index (κ3) is 3.53. The number of carbonyl (C=O) groups excluding carboxylic acids is 1. The van der Waals surface area contributed by atoms with E-state index in [0.717, 1.165) is 31.6 Å². The highest BCUT2D eigenvalue weighted by atomic mass is 79.9. The largest absolute Gasteiger partial charge is 0.321 e. The molecule has 0 saturated carbocycles. The lowest BCUT2D eigenvalue weighted by atomic mass is 9.95. The summed E-state index contributed by atoms with van der Waals surface area (Å²) in [4.78, 5) is 12.7. The highest BCUT2D eigenvalue weighted by Gasteiger charge is 2.13. The summed E-state index contributed by atoms with van der Waals surface area (Å²) < 4.78 is 0.854. The average Bonchev–Trinajstić information content (AvgIpc) is 2.71. The number of halogens is 1. The first-order valence-electron chi connectivity index (χ1n) is 8.75. The molecule has 0 radical (unpaired) electrons. The SMILES string of the molecule is N#C/C(=C/c1c2ccccc2cc2ccccc12)C(=O)Nc1cccc(Br)c1. The van der Waals surface area contributed by atoms with Crippen LogP contribution in [0, 0.1) is 11.3 Å². The van der Waals surface area contributed by atoms with Gasteiger partial charge < -0.3 is 5.32 Å². The summed E-state index contributed by atoms with van der Waals surface area (Å²) in [7, 11) is 0. The van der Waals surface area contributed by atoms with Gasteiger partial charge in [-0.25, -0.2) is 0 Å². The zero-order valence-electron chi connectivity index (χ0n) is 14.8. The van der Waals surface area contributed by atoms with E-state index in [9.17, 15) is 10.1 Å². The second kappa shape index (κ2) is 7.67. The zero-order chi connectivity index (χ0) is 19.5. The highest BCUT2D eigenvalue weighted by molar-refractivity contribution is 9.10. The van der Waals surface area contributed by atoms with E-state index < -0.39 is 5.91 Å². The number of amides is 1. The van der Waals surface area contributed by atoms with Crippen LogP contribution in [0.15, 0.2) is 88.9 Å². The van der Waals surface area contributed by atoms with E-state index in [4.69, 9.17) is 0 Å². The van der Waals surface area contributed by atoms with Crippen LogP contribution in [0.1, 0.15) is 5.56 Å². The molecule has 0 spiro atoms. The molecule has 0 saturated heterocycles. The Labute approximate surface area is 171 Å². The smallest absolute Gasteiger partial charge is 0.266 e. The molecule has 0 aromatic heterocycles. The summed E-state index contributed by atoms with van der Waals surface area (Å²) in [5, 5.41) is 16.6. The predicted molar refractivity (Wildman–Crippen MR) is 118 cm³/mol. The lowest BCUT2D eigenvalue weighted by molar-refractivity contribution is -0.112. The maximum Gasteiger partial charge on any atom is 0.266 e. The molecule has 4 heteroatoms. The first kappa shape index (κ1) is 18.0. The van der Waals surface area contributed by atoms with Gasteiger partial charge in [-0.05, 0) is 57.4 Å². The number of nitriles is 1. The second-order valence-electron chi connectivity index (χ2n) is 6.37. The van der Waals surface area contributed by atoms with Crippen molar-refractivity contribution in [3.8, 4) is 6.07 Å². The Kier molecular flexibility index (Phi) is 4.92. The molecule has 1 amide bonds. The molecule has 0 heterocycles. The second-order valence-corrected chi connectivity index (χ2v) is 7.28. The highest BCUT2D eigenvalue weighted by Crippen LogP contribution is 2.30. The third-order valence-electron chi connectivity index (χ3n) is 4.55. The zero-order valence-corrected chi connectivity index (χ0v) is 16.4. The Balaban J connectivity index is 1.84. The van der Waals surface area contributed by atoms with Crippen LogP contribution in [0.3, 0.4) is 0 Å². The van der Waals surface area contributed by atoms with Gasteiger partial charge in [0.15, 0.2) is 0 Å². The molecule has 0 bridgehead atoms. The Bertz CT molecular complexity index is 1230. The Morgan fingerprint density at radius 2 is 1.54 bits per heavy atom. The van der Waals surface area contributed by atoms with Gasteiger partial charge in [-0.2, -0.15) is 5.26 Å². The molecular weight excluding hydrogens is 412 g/mol. The van der Waals surface area contributed by atoms with Crippen LogP contribution in [-0.4, -0.2) is 5.91 Å². The lowest BCUT2D eigenvalue weighted by Gasteiger charge is -2.09. The van der Waals surface area contributed by atoms with Crippen molar-refractivity contribution in [2.75, 3.05) is 5.32 Å². The number of nitrogens with zero attached hydrogens (tertiary/aromatic N) is 1. The number of rotatable bonds is 3. The van der Waals surface area contributed by atoms with E-state index in [2.05, 4.69) is 33.4 Å². The molecule has 0 aliphatic rings. The number of carbonyl (C=O) groups is 1. The van der Waals surface area contributed by atoms with Gasteiger partial charge in [-0.1, -0.05) is 70.5 Å². The van der Waals surface area contributed by atoms with Gasteiger partial charge in [0.1, 0.15) is 11.6 Å². The van der Waals surface area contributed by atoms with E-state index in [1.807, 2.05) is 60.7 Å². The molecule has 134 valence electrons. The van der Waals surface area contributed by atoms with E-state index >= 15 is 0 Å². The van der Waals surface area contributed by atoms with Crippen molar-refractivity contribution in [2.24, 2.45) is 0 Å². The van der Waals surface area contributed by atoms with Crippen molar-refractivity contribution in [2.45, 2.75) is 0 Å². The monoisotopic (exact) mass is 426 g/mol. The van der Waals surface area contributed by atoms with Crippen molar-refractivity contribution in [3.63, 3.8) is 0 Å². The average molecular weight is 427 g/mol. The van der Waals surface area contributed by atoms with Crippen LogP contribution < -0.4 is 5.32 Å². The van der Waals surface area contributed by atoms with Crippen LogP contribution >= 0.6 is 15.9 Å². The maximum absolute atomic E-state index is 12.7. The van der Waals surface area contributed by atoms with Crippen LogP contribution in [0.2, 0.25) is 0 Å². The minimum atomic E-state index is -0.433. The molecule has 0 unspecified atom stereocenters. The Hall–Kier alpha value is -3.42. The molecule has 1 N–H and O–H groups in total. The summed E-state index contributed by atoms with van der Waals surface area (Å²) in [5.41, 5.74) is 1.56. The number of benzene rings is 4. The van der Waals surface area contributed by atoms with Gasteiger partial charge in [0.25, 0.3) is 5.91 Å². The van der Waals surface area contributed by atoms with E-state index in [-0.39, 0.29) is 5.57 Å². The molecule has 4 aromatic carbocycles. The summed E-state index contributed by atoms with van der Waals surface area (Å²) in [5.74, 6) is -0.433. The molecule has 0 fully saturated rings. The standard InChI is InChI=1S/C24H15BrN2O/c25-19-8-5-9-20(14-19)27-24(28)18(15-26)13-23-21-10-3-1-6-16(21)12-17-7-2-4-11-22(17)23/h1-14H,(H,27,28)/b18-13-. The van der Waals surface area contributed by atoms with Crippen LogP contribution in [0.5, 0.6) is 0 Å². The fraction of sp³-hybridized carbons (Fsp3) is 0. The minimum absolute atomic E-state index is 0.0569. The fourth-order valence-electron chi connectivity index (χ4n) is 3.26. The number of hydrogen-bond donors (Lipinski definition) is 1. The quantitative estimate of drug-likeness (QED) is 0.237. The Morgan fingerprint density at radius 3 is 2.14 bits per heavy atom. The van der Waals surface area contributed by atoms with Gasteiger partial charge in [0.05, 0.1) is 0 Å². The molecule has 4 aromatic rings. The van der Waals surface area contributed by atoms with Crippen LogP contribution in [0.25, 0.3) is 27.6 Å². The topological polar surface area (TPSA) is 52.9 Å². The third-order valence-corrected chi connectivity index (χ3v) is 5.04. The van der Waals surface area contributed by atoms with E-state index in [0.29, 0.717) is 5.69 Å². The number of anilines is 1. The first-order valence-corrected chi connectivity index (χ1v) is 9.54. The van der Waals surface area contributed by atoms with Gasteiger partial charge in [0, 0.05) is 10.2 Å². The molecule has 28 heavy (non-hydrogen) atoms. The van der Waals surface area contributed by atoms with E-state index in [1.54, 1.807) is 18.2 Å². The molecule has 0 aliphatic heterocycles. The minimum Gasteiger partial charge on any atom is -0.321 e. The summed E-state index contributed by atoms with van der Waals surface area (Å²) >= 11 is 3.38. The lowest BCUT2D eigenvalue weighted by Crippen LogP contribution is -2.13. The molecule has 3 nitrogen and oxygen atoms in total. The summed E-state index contributed by atoms with van der Waals surface area (Å²) in [6, 6.07) is 27.4. The van der Waals surface area contributed by atoms with Crippen molar-refractivity contribution in [1.82, 2.24) is 0 Å². The first-order chi connectivity index (χ1) is 13.7. The van der Waals surface area contributed by atoms with Crippen molar-refractivity contribution in [1.29, 1.82) is 5.26 Å². The molecule has 0 atom stereocenters. The van der Waals surface area contributed by atoms with Gasteiger partial charge in [-0.3, -0.25) is 4.79 Å². The van der Waals surface area contributed by atoms with Crippen molar-refractivity contribution in [3.05, 3.63) is 94.5 Å². The number of nitrogens with one attached hydrogen (secondary N) is 1.